The Bertz CT molecular complexity index is 607. The van der Waals surface area contributed by atoms with Crippen LogP contribution in [0.15, 0.2) is 34.9 Å². The predicted octanol–water partition coefficient (Wildman–Crippen LogP) is 1.97. The molecular weight excluding hydrogens is 256 g/mol. The summed E-state index contributed by atoms with van der Waals surface area (Å²) in [5, 5.41) is 12.7. The molecule has 1 aliphatic heterocycles. The number of nitrogens with zero attached hydrogens (tertiary/aromatic N) is 2. The van der Waals surface area contributed by atoms with Crippen molar-refractivity contribution in [3.63, 3.8) is 0 Å². The molecule has 0 unspecified atom stereocenters. The minimum atomic E-state index is -1.01. The van der Waals surface area contributed by atoms with E-state index in [9.17, 15) is 4.79 Å². The second-order valence-electron chi connectivity index (χ2n) is 5.00. The third kappa shape index (κ3) is 2.58. The highest BCUT2D eigenvalue weighted by Gasteiger charge is 2.26. The molecule has 1 aromatic carbocycles. The summed E-state index contributed by atoms with van der Waals surface area (Å²) in [4.78, 5) is 13.3. The van der Waals surface area contributed by atoms with E-state index in [0.717, 1.165) is 37.3 Å². The lowest BCUT2D eigenvalue weighted by Gasteiger charge is -2.25. The van der Waals surface area contributed by atoms with E-state index in [-0.39, 0.29) is 5.69 Å². The average molecular weight is 272 g/mol. The van der Waals surface area contributed by atoms with E-state index in [4.69, 9.17) is 9.63 Å². The molecule has 0 saturated heterocycles. The van der Waals surface area contributed by atoms with E-state index < -0.39 is 5.97 Å². The number of hydrogen-bond acceptors (Lipinski definition) is 4. The molecule has 0 spiro atoms. The second kappa shape index (κ2) is 5.46. The molecule has 5 heteroatoms. The van der Waals surface area contributed by atoms with Crippen molar-refractivity contribution in [1.29, 1.82) is 0 Å². The van der Waals surface area contributed by atoms with E-state index in [2.05, 4.69) is 22.2 Å². The van der Waals surface area contributed by atoms with Crippen LogP contribution in [0.3, 0.4) is 0 Å². The lowest BCUT2D eigenvalue weighted by molar-refractivity contribution is 0.0684. The molecule has 0 aliphatic carbocycles. The highest BCUT2D eigenvalue weighted by Crippen LogP contribution is 2.22. The molecular formula is C15H16N2O3. The minimum Gasteiger partial charge on any atom is -0.476 e. The first-order valence-corrected chi connectivity index (χ1v) is 6.71. The maximum atomic E-state index is 11.1. The average Bonchev–Trinajstić information content (AvgIpc) is 2.89. The van der Waals surface area contributed by atoms with Gasteiger partial charge in [0.15, 0.2) is 5.69 Å². The molecule has 0 atom stereocenters. The van der Waals surface area contributed by atoms with Crippen molar-refractivity contribution in [2.75, 3.05) is 13.1 Å². The SMILES string of the molecule is O=C(O)c1noc2c1CN(CCc1ccccc1)CC2. The number of rotatable bonds is 4. The number of benzene rings is 1. The summed E-state index contributed by atoms with van der Waals surface area (Å²) < 4.78 is 5.10. The van der Waals surface area contributed by atoms with Gasteiger partial charge in [-0.05, 0) is 12.0 Å². The largest absolute Gasteiger partial charge is 0.476 e. The Labute approximate surface area is 116 Å². The zero-order valence-electron chi connectivity index (χ0n) is 11.1. The fourth-order valence-corrected chi connectivity index (χ4v) is 2.56. The van der Waals surface area contributed by atoms with Crippen LogP contribution in [0.4, 0.5) is 0 Å². The van der Waals surface area contributed by atoms with E-state index in [1.54, 1.807) is 0 Å². The van der Waals surface area contributed by atoms with Gasteiger partial charge in [0.25, 0.3) is 0 Å². The molecule has 2 aromatic rings. The van der Waals surface area contributed by atoms with Gasteiger partial charge < -0.3 is 9.63 Å². The molecule has 2 heterocycles. The number of fused-ring (bicyclic) bond motifs is 1. The molecule has 104 valence electrons. The Morgan fingerprint density at radius 1 is 1.35 bits per heavy atom. The smallest absolute Gasteiger partial charge is 0.358 e. The molecule has 1 N–H and O–H groups in total. The van der Waals surface area contributed by atoms with Crippen molar-refractivity contribution in [2.24, 2.45) is 0 Å². The summed E-state index contributed by atoms with van der Waals surface area (Å²) in [7, 11) is 0. The zero-order chi connectivity index (χ0) is 13.9. The van der Waals surface area contributed by atoms with Crippen LogP contribution in [-0.4, -0.2) is 34.2 Å². The van der Waals surface area contributed by atoms with Crippen molar-refractivity contribution in [3.8, 4) is 0 Å². The maximum Gasteiger partial charge on any atom is 0.358 e. The molecule has 1 aliphatic rings. The van der Waals surface area contributed by atoms with Gasteiger partial charge in [0.05, 0.1) is 0 Å². The van der Waals surface area contributed by atoms with Gasteiger partial charge in [-0.1, -0.05) is 35.5 Å². The second-order valence-corrected chi connectivity index (χ2v) is 5.00. The number of carbonyl (C=O) groups is 1. The first-order valence-electron chi connectivity index (χ1n) is 6.71. The number of aromatic carboxylic acids is 1. The van der Waals surface area contributed by atoms with Crippen LogP contribution in [0, 0.1) is 0 Å². The third-order valence-electron chi connectivity index (χ3n) is 3.67. The Morgan fingerprint density at radius 2 is 2.15 bits per heavy atom. The summed E-state index contributed by atoms with van der Waals surface area (Å²) >= 11 is 0. The van der Waals surface area contributed by atoms with Gasteiger partial charge in [0.1, 0.15) is 5.76 Å². The van der Waals surface area contributed by atoms with Crippen LogP contribution in [-0.2, 0) is 19.4 Å². The number of hydrogen-bond donors (Lipinski definition) is 1. The van der Waals surface area contributed by atoms with Crippen LogP contribution in [0.2, 0.25) is 0 Å². The molecule has 0 radical (unpaired) electrons. The first-order chi connectivity index (χ1) is 9.74. The van der Waals surface area contributed by atoms with E-state index >= 15 is 0 Å². The third-order valence-corrected chi connectivity index (χ3v) is 3.67. The molecule has 20 heavy (non-hydrogen) atoms. The summed E-state index contributed by atoms with van der Waals surface area (Å²) in [5.41, 5.74) is 2.09. The van der Waals surface area contributed by atoms with Crippen LogP contribution >= 0.6 is 0 Å². The Balaban J connectivity index is 1.66. The predicted molar refractivity (Wildman–Crippen MR) is 72.6 cm³/mol. The Hall–Kier alpha value is -2.14. The van der Waals surface area contributed by atoms with Gasteiger partial charge in [0.2, 0.25) is 0 Å². The monoisotopic (exact) mass is 272 g/mol. The van der Waals surface area contributed by atoms with E-state index in [0.29, 0.717) is 6.54 Å². The van der Waals surface area contributed by atoms with Crippen LogP contribution in [0.1, 0.15) is 27.4 Å². The van der Waals surface area contributed by atoms with Crippen molar-refractivity contribution in [2.45, 2.75) is 19.4 Å². The summed E-state index contributed by atoms with van der Waals surface area (Å²) in [6.45, 7) is 2.40. The maximum absolute atomic E-state index is 11.1. The van der Waals surface area contributed by atoms with Crippen molar-refractivity contribution in [1.82, 2.24) is 10.1 Å². The molecule has 3 rings (SSSR count). The number of carboxylic acids is 1. The van der Waals surface area contributed by atoms with E-state index in [1.807, 2.05) is 18.2 Å². The zero-order valence-corrected chi connectivity index (χ0v) is 11.1. The molecule has 1 aromatic heterocycles. The molecule has 0 fully saturated rings. The van der Waals surface area contributed by atoms with Crippen LogP contribution in [0.5, 0.6) is 0 Å². The number of carboxylic acid groups (broad SMARTS) is 1. The molecule has 0 bridgehead atoms. The molecule has 0 amide bonds. The van der Waals surface area contributed by atoms with Crippen LogP contribution < -0.4 is 0 Å². The highest BCUT2D eigenvalue weighted by molar-refractivity contribution is 5.87. The fourth-order valence-electron chi connectivity index (χ4n) is 2.56. The van der Waals surface area contributed by atoms with Crippen molar-refractivity contribution in [3.05, 3.63) is 52.9 Å². The summed E-state index contributed by atoms with van der Waals surface area (Å²) in [6.07, 6.45) is 1.69. The van der Waals surface area contributed by atoms with Gasteiger partial charge in [-0.25, -0.2) is 4.79 Å². The van der Waals surface area contributed by atoms with E-state index in [1.165, 1.54) is 5.56 Å². The highest BCUT2D eigenvalue weighted by atomic mass is 16.5. The van der Waals surface area contributed by atoms with Gasteiger partial charge in [-0.2, -0.15) is 0 Å². The van der Waals surface area contributed by atoms with Gasteiger partial charge in [0, 0.05) is 31.6 Å². The Kier molecular flexibility index (Phi) is 3.52. The number of aromatic nitrogens is 1. The van der Waals surface area contributed by atoms with Crippen LogP contribution in [0.25, 0.3) is 0 Å². The Morgan fingerprint density at radius 3 is 2.90 bits per heavy atom. The normalized spacial score (nSPS) is 15.0. The van der Waals surface area contributed by atoms with Gasteiger partial charge >= 0.3 is 5.97 Å². The lowest BCUT2D eigenvalue weighted by Crippen LogP contribution is -2.32. The first kappa shape index (κ1) is 12.9. The molecule has 0 saturated carbocycles. The lowest BCUT2D eigenvalue weighted by atomic mass is 10.0. The molecule has 5 nitrogen and oxygen atoms in total. The minimum absolute atomic E-state index is 0.0596. The van der Waals surface area contributed by atoms with Crippen molar-refractivity contribution < 1.29 is 14.4 Å². The topological polar surface area (TPSA) is 66.6 Å². The summed E-state index contributed by atoms with van der Waals surface area (Å²) in [5.74, 6) is -0.293. The fraction of sp³-hybridized carbons (Fsp3) is 0.333. The summed E-state index contributed by atoms with van der Waals surface area (Å²) in [6, 6.07) is 10.3. The van der Waals surface area contributed by atoms with Gasteiger partial charge in [-0.15, -0.1) is 0 Å². The standard InChI is InChI=1S/C15H16N2O3/c18-15(19)14-12-10-17(9-7-13(12)20-16-14)8-6-11-4-2-1-3-5-11/h1-5H,6-10H2,(H,18,19). The van der Waals surface area contributed by atoms with Gasteiger partial charge in [-0.3, -0.25) is 4.90 Å². The van der Waals surface area contributed by atoms with Crippen molar-refractivity contribution >= 4 is 5.97 Å². The quantitative estimate of drug-likeness (QED) is 0.921.